The number of carbonyl (C=O) groups excluding carboxylic acids is 1. The Labute approximate surface area is 113 Å². The Kier molecular flexibility index (Phi) is 4.76. The molecule has 1 aromatic rings. The summed E-state index contributed by atoms with van der Waals surface area (Å²) < 4.78 is 5.37. The summed E-state index contributed by atoms with van der Waals surface area (Å²) in [6.07, 6.45) is 0.495. The summed E-state index contributed by atoms with van der Waals surface area (Å²) in [6, 6.07) is 7.56. The van der Waals surface area contributed by atoms with Crippen LogP contribution in [0.25, 0.3) is 0 Å². The average Bonchev–Trinajstić information content (AvgIpc) is 2.40. The minimum Gasteiger partial charge on any atom is -0.399 e. The third-order valence-electron chi connectivity index (χ3n) is 3.33. The second kappa shape index (κ2) is 6.54. The van der Waals surface area contributed by atoms with Crippen LogP contribution in [0.3, 0.4) is 0 Å². The van der Waals surface area contributed by atoms with Crippen LogP contribution in [-0.2, 0) is 9.53 Å². The van der Waals surface area contributed by atoms with Crippen molar-refractivity contribution in [2.24, 2.45) is 0 Å². The van der Waals surface area contributed by atoms with Gasteiger partial charge < -0.3 is 15.8 Å². The smallest absolute Gasteiger partial charge is 0.225 e. The predicted octanol–water partition coefficient (Wildman–Crippen LogP) is 1.32. The van der Waals surface area contributed by atoms with Crippen molar-refractivity contribution in [3.8, 4) is 0 Å². The molecular weight excluding hydrogens is 242 g/mol. The van der Waals surface area contributed by atoms with Crippen molar-refractivity contribution in [2.45, 2.75) is 19.4 Å². The maximum absolute atomic E-state index is 11.8. The van der Waals surface area contributed by atoms with E-state index < -0.39 is 0 Å². The van der Waals surface area contributed by atoms with Crippen molar-refractivity contribution in [2.75, 3.05) is 37.4 Å². The summed E-state index contributed by atoms with van der Waals surface area (Å²) in [5, 5.41) is 2.87. The molecule has 0 saturated carbocycles. The number of nitrogen functional groups attached to an aromatic ring is 1. The second-order valence-corrected chi connectivity index (χ2v) is 4.88. The van der Waals surface area contributed by atoms with Gasteiger partial charge in [0.1, 0.15) is 0 Å². The van der Waals surface area contributed by atoms with Gasteiger partial charge in [-0.25, -0.2) is 0 Å². The lowest BCUT2D eigenvalue weighted by atomic mass is 10.2. The highest BCUT2D eigenvalue weighted by Gasteiger charge is 2.19. The van der Waals surface area contributed by atoms with Gasteiger partial charge in [-0.1, -0.05) is 0 Å². The number of nitrogens with two attached hydrogens (primary N) is 1. The number of hydrogen-bond donors (Lipinski definition) is 2. The zero-order valence-electron chi connectivity index (χ0n) is 11.3. The number of ether oxygens (including phenoxy) is 1. The summed E-state index contributed by atoms with van der Waals surface area (Å²) in [5.41, 5.74) is 7.08. The van der Waals surface area contributed by atoms with Crippen molar-refractivity contribution in [1.82, 2.24) is 4.90 Å². The molecule has 1 unspecified atom stereocenters. The lowest BCUT2D eigenvalue weighted by molar-refractivity contribution is -0.117. The lowest BCUT2D eigenvalue weighted by Crippen LogP contribution is -2.44. The Balaban J connectivity index is 1.76. The van der Waals surface area contributed by atoms with Gasteiger partial charge >= 0.3 is 0 Å². The molecule has 5 heteroatoms. The molecule has 1 saturated heterocycles. The van der Waals surface area contributed by atoms with Crippen LogP contribution in [0.15, 0.2) is 24.3 Å². The zero-order valence-corrected chi connectivity index (χ0v) is 11.3. The van der Waals surface area contributed by atoms with Crippen LogP contribution in [0.1, 0.15) is 13.3 Å². The van der Waals surface area contributed by atoms with E-state index in [1.807, 2.05) is 12.1 Å². The van der Waals surface area contributed by atoms with Crippen molar-refractivity contribution < 1.29 is 9.53 Å². The topological polar surface area (TPSA) is 67.6 Å². The van der Waals surface area contributed by atoms with Gasteiger partial charge in [0.05, 0.1) is 13.2 Å². The zero-order chi connectivity index (χ0) is 13.7. The minimum atomic E-state index is 0.0310. The van der Waals surface area contributed by atoms with E-state index in [2.05, 4.69) is 17.1 Å². The summed E-state index contributed by atoms with van der Waals surface area (Å²) >= 11 is 0. The number of carbonyl (C=O) groups is 1. The Bertz CT molecular complexity index is 419. The summed E-state index contributed by atoms with van der Waals surface area (Å²) in [7, 11) is 0. The molecule has 0 aliphatic carbocycles. The van der Waals surface area contributed by atoms with E-state index in [4.69, 9.17) is 10.5 Å². The van der Waals surface area contributed by atoms with E-state index in [-0.39, 0.29) is 5.91 Å². The van der Waals surface area contributed by atoms with Gasteiger partial charge in [-0.3, -0.25) is 9.69 Å². The molecule has 1 aliphatic rings. The predicted molar refractivity (Wildman–Crippen MR) is 76.0 cm³/mol. The van der Waals surface area contributed by atoms with Gasteiger partial charge in [-0.15, -0.1) is 0 Å². The van der Waals surface area contributed by atoms with Crippen LogP contribution in [0.4, 0.5) is 11.4 Å². The highest BCUT2D eigenvalue weighted by atomic mass is 16.5. The molecular formula is C14H21N3O2. The molecule has 1 aliphatic heterocycles. The molecule has 1 heterocycles. The minimum absolute atomic E-state index is 0.0310. The summed E-state index contributed by atoms with van der Waals surface area (Å²) in [5.74, 6) is 0.0310. The van der Waals surface area contributed by atoms with Crippen LogP contribution >= 0.6 is 0 Å². The molecule has 1 aromatic carbocycles. The maximum Gasteiger partial charge on any atom is 0.225 e. The van der Waals surface area contributed by atoms with Gasteiger partial charge in [0.15, 0.2) is 0 Å². The van der Waals surface area contributed by atoms with E-state index in [0.29, 0.717) is 18.2 Å². The van der Waals surface area contributed by atoms with E-state index in [1.54, 1.807) is 12.1 Å². The standard InChI is InChI=1S/C14H21N3O2/c1-11-10-19-9-8-17(11)7-6-14(18)16-13-4-2-12(15)3-5-13/h2-5,11H,6-10,15H2,1H3,(H,16,18). The molecule has 0 radical (unpaired) electrons. The summed E-state index contributed by atoms with van der Waals surface area (Å²) in [4.78, 5) is 14.1. The monoisotopic (exact) mass is 263 g/mol. The van der Waals surface area contributed by atoms with E-state index in [1.165, 1.54) is 0 Å². The maximum atomic E-state index is 11.8. The van der Waals surface area contributed by atoms with E-state index in [0.717, 1.165) is 32.0 Å². The van der Waals surface area contributed by atoms with Crippen LogP contribution in [0, 0.1) is 0 Å². The molecule has 0 aromatic heterocycles. The van der Waals surface area contributed by atoms with Crippen LogP contribution < -0.4 is 11.1 Å². The third kappa shape index (κ3) is 4.22. The first-order chi connectivity index (χ1) is 9.15. The van der Waals surface area contributed by atoms with Crippen LogP contribution in [-0.4, -0.2) is 43.2 Å². The quantitative estimate of drug-likeness (QED) is 0.804. The fraction of sp³-hybridized carbons (Fsp3) is 0.500. The van der Waals surface area contributed by atoms with Crippen molar-refractivity contribution in [1.29, 1.82) is 0 Å². The molecule has 1 atom stereocenters. The molecule has 19 heavy (non-hydrogen) atoms. The van der Waals surface area contributed by atoms with Crippen LogP contribution in [0.5, 0.6) is 0 Å². The molecule has 2 rings (SSSR count). The van der Waals surface area contributed by atoms with Crippen molar-refractivity contribution >= 4 is 17.3 Å². The number of amides is 1. The highest BCUT2D eigenvalue weighted by Crippen LogP contribution is 2.11. The number of nitrogens with one attached hydrogen (secondary N) is 1. The second-order valence-electron chi connectivity index (χ2n) is 4.88. The molecule has 104 valence electrons. The molecule has 1 amide bonds. The Morgan fingerprint density at radius 2 is 2.21 bits per heavy atom. The highest BCUT2D eigenvalue weighted by molar-refractivity contribution is 5.90. The van der Waals surface area contributed by atoms with Gasteiger partial charge in [0.25, 0.3) is 0 Å². The number of anilines is 2. The van der Waals surface area contributed by atoms with Crippen LogP contribution in [0.2, 0.25) is 0 Å². The summed E-state index contributed by atoms with van der Waals surface area (Å²) in [6.45, 7) is 5.29. The van der Waals surface area contributed by atoms with E-state index >= 15 is 0 Å². The largest absolute Gasteiger partial charge is 0.399 e. The van der Waals surface area contributed by atoms with Gasteiger partial charge in [-0.2, -0.15) is 0 Å². The fourth-order valence-electron chi connectivity index (χ4n) is 2.13. The first kappa shape index (κ1) is 13.8. The molecule has 1 fully saturated rings. The first-order valence-corrected chi connectivity index (χ1v) is 6.62. The Morgan fingerprint density at radius 1 is 1.47 bits per heavy atom. The van der Waals surface area contributed by atoms with Crippen molar-refractivity contribution in [3.05, 3.63) is 24.3 Å². The average molecular weight is 263 g/mol. The number of morpholine rings is 1. The van der Waals surface area contributed by atoms with E-state index in [9.17, 15) is 4.79 Å². The van der Waals surface area contributed by atoms with Gasteiger partial charge in [-0.05, 0) is 31.2 Å². The fourth-order valence-corrected chi connectivity index (χ4v) is 2.13. The SMILES string of the molecule is CC1COCCN1CCC(=O)Nc1ccc(N)cc1. The number of nitrogens with zero attached hydrogens (tertiary/aromatic N) is 1. The number of hydrogen-bond acceptors (Lipinski definition) is 4. The Hall–Kier alpha value is -1.59. The third-order valence-corrected chi connectivity index (χ3v) is 3.33. The van der Waals surface area contributed by atoms with Gasteiger partial charge in [0.2, 0.25) is 5.91 Å². The normalized spacial score (nSPS) is 20.2. The Morgan fingerprint density at radius 3 is 2.89 bits per heavy atom. The molecule has 0 bridgehead atoms. The molecule has 5 nitrogen and oxygen atoms in total. The lowest BCUT2D eigenvalue weighted by Gasteiger charge is -2.32. The number of rotatable bonds is 4. The first-order valence-electron chi connectivity index (χ1n) is 6.62. The number of benzene rings is 1. The van der Waals surface area contributed by atoms with Gasteiger partial charge in [0, 0.05) is 36.9 Å². The van der Waals surface area contributed by atoms with Crippen molar-refractivity contribution in [3.63, 3.8) is 0 Å². The molecule has 3 N–H and O–H groups in total. The molecule has 0 spiro atoms.